The molecule has 0 aromatic heterocycles. The van der Waals surface area contributed by atoms with Crippen LogP contribution in [0.5, 0.6) is 0 Å². The second-order valence-electron chi connectivity index (χ2n) is 13.3. The lowest BCUT2D eigenvalue weighted by atomic mass is 9.85. The maximum atomic E-state index is 12.7. The van der Waals surface area contributed by atoms with Gasteiger partial charge in [0.2, 0.25) is 0 Å². The van der Waals surface area contributed by atoms with Gasteiger partial charge >= 0.3 is 11.9 Å². The molecule has 4 saturated carbocycles. The number of esters is 2. The summed E-state index contributed by atoms with van der Waals surface area (Å²) in [5.74, 6) is 1.45. The van der Waals surface area contributed by atoms with Crippen molar-refractivity contribution in [2.75, 3.05) is 26.4 Å². The molecular formula is C32H42O8. The fraction of sp³-hybridized carbons (Fsp3) is 0.812. The molecule has 0 aromatic rings. The number of hydrogen-bond acceptors (Lipinski definition) is 8. The van der Waals surface area contributed by atoms with Gasteiger partial charge in [-0.1, -0.05) is 37.1 Å². The van der Waals surface area contributed by atoms with Gasteiger partial charge in [0.15, 0.2) is 11.6 Å². The topological polar surface area (TPSA) is 89.5 Å². The van der Waals surface area contributed by atoms with Crippen LogP contribution in [0.25, 0.3) is 0 Å². The van der Waals surface area contributed by atoms with Crippen LogP contribution in [0.3, 0.4) is 0 Å². The van der Waals surface area contributed by atoms with Gasteiger partial charge in [0, 0.05) is 48.3 Å². The zero-order valence-corrected chi connectivity index (χ0v) is 23.2. The van der Waals surface area contributed by atoms with Gasteiger partial charge in [-0.2, -0.15) is 0 Å². The minimum Gasteiger partial charge on any atom is -0.462 e. The first-order chi connectivity index (χ1) is 19.6. The van der Waals surface area contributed by atoms with E-state index < -0.39 is 11.6 Å². The lowest BCUT2D eigenvalue weighted by Crippen LogP contribution is -2.39. The van der Waals surface area contributed by atoms with Crippen LogP contribution in [0.2, 0.25) is 0 Å². The lowest BCUT2D eigenvalue weighted by Gasteiger charge is -2.31. The molecule has 2 saturated heterocycles. The standard InChI is InChI=1S/C32H42O8/c33-27(39-25-13-7-19-21-9-11-23(29(19)25)31(21)35-15-16-36-31)5-3-1-2-4-6-28(34)40-26-14-8-20-22-10-12-24(30(20)26)32(22)37-17-18-38-32/h9-12,19-26,29-30H,1-8,13-18H2/t19-,20-,21+,22+,23-,24-,25-,26-,29-,30-/m0/s1. The molecule has 2 aliphatic heterocycles. The third kappa shape index (κ3) is 3.78. The number of unbranched alkanes of at least 4 members (excludes halogenated alkanes) is 3. The minimum atomic E-state index is -0.490. The molecule has 0 aromatic carbocycles. The smallest absolute Gasteiger partial charge is 0.306 e. The highest BCUT2D eigenvalue weighted by Gasteiger charge is 2.69. The van der Waals surface area contributed by atoms with Crippen LogP contribution >= 0.6 is 0 Å². The summed E-state index contributed by atoms with van der Waals surface area (Å²) >= 11 is 0. The quantitative estimate of drug-likeness (QED) is 0.237. The molecule has 40 heavy (non-hydrogen) atoms. The van der Waals surface area contributed by atoms with Gasteiger partial charge < -0.3 is 28.4 Å². The molecule has 8 rings (SSSR count). The maximum Gasteiger partial charge on any atom is 0.306 e. The zero-order valence-electron chi connectivity index (χ0n) is 23.2. The molecular weight excluding hydrogens is 512 g/mol. The number of carbonyl (C=O) groups excluding carboxylic acids is 2. The predicted octanol–water partition coefficient (Wildman–Crippen LogP) is 4.32. The van der Waals surface area contributed by atoms with Gasteiger partial charge in [-0.15, -0.1) is 0 Å². The van der Waals surface area contributed by atoms with Crippen LogP contribution in [-0.4, -0.2) is 62.1 Å². The van der Waals surface area contributed by atoms with Crippen molar-refractivity contribution in [2.45, 2.75) is 88.0 Å². The van der Waals surface area contributed by atoms with Crippen LogP contribution in [0.4, 0.5) is 0 Å². The Bertz CT molecular complexity index is 987. The fourth-order valence-electron chi connectivity index (χ4n) is 10.3. The fourth-order valence-corrected chi connectivity index (χ4v) is 10.3. The highest BCUT2D eigenvalue weighted by Crippen LogP contribution is 2.64. The summed E-state index contributed by atoms with van der Waals surface area (Å²) in [6, 6.07) is 0. The summed E-state index contributed by atoms with van der Waals surface area (Å²) in [5, 5.41) is 0. The van der Waals surface area contributed by atoms with E-state index in [1.54, 1.807) is 0 Å². The van der Waals surface area contributed by atoms with E-state index in [-0.39, 0.29) is 36.0 Å². The van der Waals surface area contributed by atoms with Crippen LogP contribution in [0.1, 0.15) is 64.2 Å². The van der Waals surface area contributed by atoms with E-state index in [1.165, 1.54) is 0 Å². The zero-order chi connectivity index (χ0) is 26.9. The number of carbonyl (C=O) groups is 2. The largest absolute Gasteiger partial charge is 0.462 e. The van der Waals surface area contributed by atoms with Gasteiger partial charge in [-0.25, -0.2) is 0 Å². The van der Waals surface area contributed by atoms with Crippen molar-refractivity contribution in [1.29, 1.82) is 0 Å². The van der Waals surface area contributed by atoms with E-state index in [1.807, 2.05) is 0 Å². The molecule has 0 unspecified atom stereocenters. The molecule has 4 bridgehead atoms. The molecule has 8 aliphatic rings. The Kier molecular flexibility index (Phi) is 6.43. The summed E-state index contributed by atoms with van der Waals surface area (Å²) in [6.45, 7) is 2.62. The molecule has 2 heterocycles. The average molecular weight is 555 g/mol. The Morgan fingerprint density at radius 2 is 0.975 bits per heavy atom. The minimum absolute atomic E-state index is 0.0284. The summed E-state index contributed by atoms with van der Waals surface area (Å²) in [6.07, 6.45) is 17.3. The Labute approximate surface area is 236 Å². The molecule has 2 spiro atoms. The first-order valence-electron chi connectivity index (χ1n) is 15.9. The second-order valence-corrected chi connectivity index (χ2v) is 13.3. The third-order valence-electron chi connectivity index (χ3n) is 11.6. The van der Waals surface area contributed by atoms with Crippen LogP contribution in [-0.2, 0) is 38.0 Å². The number of hydrogen-bond donors (Lipinski definition) is 0. The molecule has 6 fully saturated rings. The number of rotatable bonds is 9. The van der Waals surface area contributed by atoms with Crippen molar-refractivity contribution in [1.82, 2.24) is 0 Å². The van der Waals surface area contributed by atoms with Crippen LogP contribution in [0.15, 0.2) is 24.3 Å². The number of ether oxygens (including phenoxy) is 6. The van der Waals surface area contributed by atoms with Crippen LogP contribution < -0.4 is 0 Å². The normalized spacial score (nSPS) is 43.8. The monoisotopic (exact) mass is 554 g/mol. The summed E-state index contributed by atoms with van der Waals surface area (Å²) in [4.78, 5) is 25.4. The van der Waals surface area contributed by atoms with Gasteiger partial charge in [0.25, 0.3) is 0 Å². The molecule has 6 aliphatic carbocycles. The van der Waals surface area contributed by atoms with Crippen molar-refractivity contribution >= 4 is 11.9 Å². The first-order valence-corrected chi connectivity index (χ1v) is 15.9. The van der Waals surface area contributed by atoms with E-state index in [0.717, 1.165) is 51.4 Å². The van der Waals surface area contributed by atoms with Gasteiger partial charge in [-0.05, 0) is 50.4 Å². The van der Waals surface area contributed by atoms with Crippen molar-refractivity contribution in [3.8, 4) is 0 Å². The molecule has 0 N–H and O–H groups in total. The molecule has 218 valence electrons. The Morgan fingerprint density at radius 1 is 0.575 bits per heavy atom. The van der Waals surface area contributed by atoms with Crippen molar-refractivity contribution < 1.29 is 38.0 Å². The van der Waals surface area contributed by atoms with Crippen molar-refractivity contribution in [3.05, 3.63) is 24.3 Å². The van der Waals surface area contributed by atoms with Crippen molar-refractivity contribution in [3.63, 3.8) is 0 Å². The summed E-state index contributed by atoms with van der Waals surface area (Å²) < 4.78 is 36.5. The van der Waals surface area contributed by atoms with E-state index in [9.17, 15) is 9.59 Å². The summed E-state index contributed by atoms with van der Waals surface area (Å²) in [7, 11) is 0. The van der Waals surface area contributed by atoms with E-state index in [0.29, 0.717) is 74.8 Å². The average Bonchev–Trinajstić information content (AvgIpc) is 3.81. The van der Waals surface area contributed by atoms with Gasteiger partial charge in [-0.3, -0.25) is 9.59 Å². The van der Waals surface area contributed by atoms with E-state index in [4.69, 9.17) is 28.4 Å². The van der Waals surface area contributed by atoms with Crippen molar-refractivity contribution in [2.24, 2.45) is 47.3 Å². The summed E-state index contributed by atoms with van der Waals surface area (Å²) in [5.41, 5.74) is 0. The third-order valence-corrected chi connectivity index (χ3v) is 11.6. The molecule has 10 atom stereocenters. The second kappa shape index (κ2) is 9.92. The molecule has 0 amide bonds. The number of fused-ring (bicyclic) bond motifs is 6. The molecule has 8 nitrogen and oxygen atoms in total. The van der Waals surface area contributed by atoms with E-state index >= 15 is 0 Å². The maximum absolute atomic E-state index is 12.7. The van der Waals surface area contributed by atoms with Gasteiger partial charge in [0.05, 0.1) is 26.4 Å². The SMILES string of the molecule is O=C(CCCCCCC(=O)O[C@H]1CC[C@@H]2[C@H]1[C@@H]1C=C[C@H]2C12OCCO2)O[C@H]1CC[C@@H]2[C@H]1[C@@H]1C=C[C@H]2C12OCCO2. The Morgan fingerprint density at radius 3 is 1.40 bits per heavy atom. The van der Waals surface area contributed by atoms with E-state index in [2.05, 4.69) is 24.3 Å². The molecule has 8 heteroatoms. The highest BCUT2D eigenvalue weighted by atomic mass is 16.7. The lowest BCUT2D eigenvalue weighted by molar-refractivity contribution is -0.193. The van der Waals surface area contributed by atoms with Gasteiger partial charge in [0.1, 0.15) is 12.2 Å². The Balaban J connectivity index is 0.740. The first kappa shape index (κ1) is 25.9. The Hall–Kier alpha value is -1.74. The predicted molar refractivity (Wildman–Crippen MR) is 141 cm³/mol. The van der Waals surface area contributed by atoms with Crippen LogP contribution in [0, 0.1) is 47.3 Å². The molecule has 0 radical (unpaired) electrons. The highest BCUT2D eigenvalue weighted by molar-refractivity contribution is 5.70.